The molecule has 0 saturated carbocycles. The Morgan fingerprint density at radius 1 is 0.909 bits per heavy atom. The van der Waals surface area contributed by atoms with E-state index in [1.165, 1.54) is 23.1 Å². The molecule has 0 aliphatic carbocycles. The molecule has 0 bridgehead atoms. The molecular formula is C25H26Cl2N2O3S. The van der Waals surface area contributed by atoms with Crippen LogP contribution in [0.2, 0.25) is 10.0 Å². The van der Waals surface area contributed by atoms with Gasteiger partial charge in [-0.2, -0.15) is 4.31 Å². The maximum Gasteiger partial charge on any atom is 0.245 e. The lowest BCUT2D eigenvalue weighted by Crippen LogP contribution is -2.42. The first-order valence-corrected chi connectivity index (χ1v) is 12.6. The Balaban J connectivity index is 1.91. The molecule has 0 heterocycles. The van der Waals surface area contributed by atoms with Crippen LogP contribution < -0.4 is 4.90 Å². The number of halogens is 2. The van der Waals surface area contributed by atoms with Crippen molar-refractivity contribution in [2.45, 2.75) is 25.2 Å². The van der Waals surface area contributed by atoms with Crippen LogP contribution in [-0.2, 0) is 21.2 Å². The Morgan fingerprint density at radius 2 is 1.61 bits per heavy atom. The predicted octanol–water partition coefficient (Wildman–Crippen LogP) is 5.51. The Hall–Kier alpha value is -2.38. The number of aryl methyl sites for hydroxylation is 2. The minimum atomic E-state index is -4.08. The zero-order valence-corrected chi connectivity index (χ0v) is 21.1. The van der Waals surface area contributed by atoms with E-state index in [-0.39, 0.29) is 33.9 Å². The average molecular weight is 505 g/mol. The van der Waals surface area contributed by atoms with Gasteiger partial charge in [0, 0.05) is 24.3 Å². The van der Waals surface area contributed by atoms with E-state index >= 15 is 0 Å². The summed E-state index contributed by atoms with van der Waals surface area (Å²) in [5, 5.41) is 0.304. The van der Waals surface area contributed by atoms with Crippen molar-refractivity contribution in [2.24, 2.45) is 0 Å². The van der Waals surface area contributed by atoms with Gasteiger partial charge in [-0.15, -0.1) is 0 Å². The van der Waals surface area contributed by atoms with Crippen LogP contribution in [0.5, 0.6) is 0 Å². The van der Waals surface area contributed by atoms with Crippen LogP contribution in [0.4, 0.5) is 5.69 Å². The number of amides is 1. The Labute approximate surface area is 205 Å². The number of anilines is 1. The molecule has 0 aliphatic heterocycles. The minimum Gasteiger partial charge on any atom is -0.314 e. The molecule has 0 saturated heterocycles. The lowest BCUT2D eigenvalue weighted by atomic mass is 10.1. The van der Waals surface area contributed by atoms with E-state index in [1.54, 1.807) is 7.05 Å². The van der Waals surface area contributed by atoms with Crippen LogP contribution in [0.25, 0.3) is 0 Å². The second-order valence-electron chi connectivity index (χ2n) is 7.87. The highest BCUT2D eigenvalue weighted by atomic mass is 35.5. The first-order chi connectivity index (χ1) is 15.6. The Morgan fingerprint density at radius 3 is 2.27 bits per heavy atom. The number of nitrogens with zero attached hydrogens (tertiary/aromatic N) is 2. The fourth-order valence-electron chi connectivity index (χ4n) is 3.33. The van der Waals surface area contributed by atoms with Gasteiger partial charge in [0.15, 0.2) is 0 Å². The molecule has 8 heteroatoms. The molecular weight excluding hydrogens is 479 g/mol. The van der Waals surface area contributed by atoms with Gasteiger partial charge in [-0.1, -0.05) is 59.6 Å². The van der Waals surface area contributed by atoms with Crippen molar-refractivity contribution < 1.29 is 13.2 Å². The number of carbonyl (C=O) groups excluding carboxylic acids is 1. The highest BCUT2D eigenvalue weighted by molar-refractivity contribution is 7.89. The molecule has 0 spiro atoms. The van der Waals surface area contributed by atoms with Gasteiger partial charge < -0.3 is 4.90 Å². The third kappa shape index (κ3) is 6.15. The summed E-state index contributed by atoms with van der Waals surface area (Å²) < 4.78 is 28.2. The van der Waals surface area contributed by atoms with Gasteiger partial charge in [0.1, 0.15) is 4.90 Å². The predicted molar refractivity (Wildman–Crippen MR) is 135 cm³/mol. The standard InChI is InChI=1S/C25H26Cl2N2O3S/c1-18-9-11-22(15-19(18)2)28(3)25(30)17-29(14-13-20-7-5-4-6-8-20)33(31,32)24-16-21(26)10-12-23(24)27/h4-12,15-16H,13-14,17H2,1-3H3. The van der Waals surface area contributed by atoms with Gasteiger partial charge in [-0.3, -0.25) is 4.79 Å². The quantitative estimate of drug-likeness (QED) is 0.406. The molecule has 0 unspecified atom stereocenters. The lowest BCUT2D eigenvalue weighted by Gasteiger charge is -2.26. The monoisotopic (exact) mass is 504 g/mol. The first-order valence-electron chi connectivity index (χ1n) is 10.4. The van der Waals surface area contributed by atoms with Crippen molar-refractivity contribution in [1.82, 2.24) is 4.31 Å². The molecule has 0 aromatic heterocycles. The van der Waals surface area contributed by atoms with E-state index in [0.29, 0.717) is 12.1 Å². The summed E-state index contributed by atoms with van der Waals surface area (Å²) in [4.78, 5) is 14.5. The normalized spacial score (nSPS) is 11.6. The summed E-state index contributed by atoms with van der Waals surface area (Å²) in [6, 6.07) is 19.5. The van der Waals surface area contributed by atoms with E-state index in [9.17, 15) is 13.2 Å². The molecule has 0 fully saturated rings. The maximum absolute atomic E-state index is 13.5. The fraction of sp³-hybridized carbons (Fsp3) is 0.240. The highest BCUT2D eigenvalue weighted by Gasteiger charge is 2.30. The molecule has 3 aromatic rings. The topological polar surface area (TPSA) is 57.7 Å². The van der Waals surface area contributed by atoms with Gasteiger partial charge in [0.2, 0.25) is 15.9 Å². The molecule has 5 nitrogen and oxygen atoms in total. The Bertz CT molecular complexity index is 1250. The van der Waals surface area contributed by atoms with E-state index in [1.807, 2.05) is 62.4 Å². The molecule has 0 radical (unpaired) electrons. The Kier molecular flexibility index (Phi) is 8.19. The second-order valence-corrected chi connectivity index (χ2v) is 10.6. The molecule has 174 valence electrons. The van der Waals surface area contributed by atoms with E-state index in [0.717, 1.165) is 21.0 Å². The fourth-order valence-corrected chi connectivity index (χ4v) is 5.46. The zero-order chi connectivity index (χ0) is 24.2. The number of carbonyl (C=O) groups is 1. The molecule has 0 aliphatic rings. The molecule has 33 heavy (non-hydrogen) atoms. The summed E-state index contributed by atoms with van der Waals surface area (Å²) in [7, 11) is -2.44. The number of benzene rings is 3. The molecule has 0 N–H and O–H groups in total. The van der Waals surface area contributed by atoms with Gasteiger partial charge in [-0.05, 0) is 67.3 Å². The number of hydrogen-bond donors (Lipinski definition) is 0. The molecule has 3 rings (SSSR count). The minimum absolute atomic E-state index is 0.0547. The van der Waals surface area contributed by atoms with Crippen LogP contribution in [-0.4, -0.2) is 38.8 Å². The molecule has 1 amide bonds. The summed E-state index contributed by atoms with van der Waals surface area (Å²) in [6.07, 6.45) is 0.443. The summed E-state index contributed by atoms with van der Waals surface area (Å²) in [6.45, 7) is 3.74. The number of likely N-dealkylation sites (N-methyl/N-ethyl adjacent to an activating group) is 1. The summed E-state index contributed by atoms with van der Waals surface area (Å²) >= 11 is 12.3. The van der Waals surface area contributed by atoms with Crippen LogP contribution >= 0.6 is 23.2 Å². The van der Waals surface area contributed by atoms with Gasteiger partial charge in [0.25, 0.3) is 0 Å². The third-order valence-electron chi connectivity index (χ3n) is 5.57. The van der Waals surface area contributed by atoms with Crippen LogP contribution in [0, 0.1) is 13.8 Å². The largest absolute Gasteiger partial charge is 0.314 e. The molecule has 0 atom stereocenters. The number of hydrogen-bond acceptors (Lipinski definition) is 3. The van der Waals surface area contributed by atoms with Crippen LogP contribution in [0.1, 0.15) is 16.7 Å². The van der Waals surface area contributed by atoms with E-state index in [2.05, 4.69) is 0 Å². The number of rotatable bonds is 8. The van der Waals surface area contributed by atoms with Gasteiger partial charge in [-0.25, -0.2) is 8.42 Å². The van der Waals surface area contributed by atoms with Crippen LogP contribution in [0.3, 0.4) is 0 Å². The first kappa shape index (κ1) is 25.2. The van der Waals surface area contributed by atoms with E-state index in [4.69, 9.17) is 23.2 Å². The summed E-state index contributed by atoms with van der Waals surface area (Å²) in [5.41, 5.74) is 3.82. The molecule has 3 aromatic carbocycles. The average Bonchev–Trinajstić information content (AvgIpc) is 2.79. The summed E-state index contributed by atoms with van der Waals surface area (Å²) in [5.74, 6) is -0.354. The van der Waals surface area contributed by atoms with Crippen molar-refractivity contribution in [3.05, 3.63) is 93.5 Å². The second kappa shape index (κ2) is 10.7. The van der Waals surface area contributed by atoms with E-state index < -0.39 is 10.0 Å². The van der Waals surface area contributed by atoms with Crippen molar-refractivity contribution in [1.29, 1.82) is 0 Å². The zero-order valence-electron chi connectivity index (χ0n) is 18.8. The van der Waals surface area contributed by atoms with Gasteiger partial charge in [0.05, 0.1) is 11.6 Å². The maximum atomic E-state index is 13.5. The van der Waals surface area contributed by atoms with Crippen molar-refractivity contribution in [3.63, 3.8) is 0 Å². The number of sulfonamides is 1. The lowest BCUT2D eigenvalue weighted by molar-refractivity contribution is -0.118. The SMILES string of the molecule is Cc1ccc(N(C)C(=O)CN(CCc2ccccc2)S(=O)(=O)c2cc(Cl)ccc2Cl)cc1C. The van der Waals surface area contributed by atoms with Crippen molar-refractivity contribution in [3.8, 4) is 0 Å². The van der Waals surface area contributed by atoms with Gasteiger partial charge >= 0.3 is 0 Å². The third-order valence-corrected chi connectivity index (χ3v) is 8.13. The highest BCUT2D eigenvalue weighted by Crippen LogP contribution is 2.28. The smallest absolute Gasteiger partial charge is 0.245 e. The van der Waals surface area contributed by atoms with Crippen LogP contribution in [0.15, 0.2) is 71.6 Å². The van der Waals surface area contributed by atoms with Crippen molar-refractivity contribution >= 4 is 44.8 Å². The van der Waals surface area contributed by atoms with Crippen molar-refractivity contribution in [2.75, 3.05) is 25.0 Å².